The summed E-state index contributed by atoms with van der Waals surface area (Å²) in [5.74, 6) is 0. The van der Waals surface area contributed by atoms with Crippen LogP contribution in [0, 0.1) is 0 Å². The maximum Gasteiger partial charge on any atom is 0.136 e. The summed E-state index contributed by atoms with van der Waals surface area (Å²) >= 11 is 0. The lowest BCUT2D eigenvalue weighted by atomic mass is 9.97. The number of aromatic nitrogens is 2. The second-order valence-corrected chi connectivity index (χ2v) is 5.88. The summed E-state index contributed by atoms with van der Waals surface area (Å²) in [5, 5.41) is 3.37. The summed E-state index contributed by atoms with van der Waals surface area (Å²) in [5.41, 5.74) is 7.28. The Morgan fingerprint density at radius 2 is 1.43 bits per heavy atom. The number of benzene rings is 3. The fourth-order valence-electron chi connectivity index (χ4n) is 3.81. The molecule has 0 aliphatic heterocycles. The lowest BCUT2D eigenvalue weighted by molar-refractivity contribution is 0.669. The second-order valence-electron chi connectivity index (χ2n) is 5.88. The molecule has 6 rings (SSSR count). The van der Waals surface area contributed by atoms with E-state index in [1.54, 1.807) is 6.33 Å². The molecule has 0 unspecified atom stereocenters. The molecule has 5 aromatic rings. The van der Waals surface area contributed by atoms with E-state index in [2.05, 4.69) is 46.4 Å². The van der Waals surface area contributed by atoms with Crippen LogP contribution in [0.5, 0.6) is 0 Å². The van der Waals surface area contributed by atoms with Gasteiger partial charge in [-0.1, -0.05) is 36.4 Å². The molecule has 2 aromatic heterocycles. The summed E-state index contributed by atoms with van der Waals surface area (Å²) in [6, 6.07) is 18.7. The van der Waals surface area contributed by atoms with Crippen LogP contribution in [-0.4, -0.2) is 9.97 Å². The van der Waals surface area contributed by atoms with Gasteiger partial charge in [-0.2, -0.15) is 0 Å². The molecule has 1 aliphatic carbocycles. The zero-order valence-corrected chi connectivity index (χ0v) is 12.1. The van der Waals surface area contributed by atoms with Crippen molar-refractivity contribution in [3.8, 4) is 22.4 Å². The van der Waals surface area contributed by atoms with Gasteiger partial charge in [0.05, 0.1) is 11.2 Å². The van der Waals surface area contributed by atoms with Gasteiger partial charge in [0.25, 0.3) is 0 Å². The molecule has 0 N–H and O–H groups in total. The first-order valence-corrected chi connectivity index (χ1v) is 7.60. The molecular formula is C20H10N2O. The Balaban J connectivity index is 2.08. The molecule has 3 heteroatoms. The summed E-state index contributed by atoms with van der Waals surface area (Å²) in [7, 11) is 0. The smallest absolute Gasteiger partial charge is 0.136 e. The van der Waals surface area contributed by atoms with E-state index in [-0.39, 0.29) is 0 Å². The standard InChI is InChI=1S/C20H10N2O/c1-2-5-13-11(4-1)12-6-3-7-15-17(12)19-16(23-15)9-8-14-18(19)20(13)22-10-21-14/h1-10H. The van der Waals surface area contributed by atoms with Crippen molar-refractivity contribution in [3.05, 3.63) is 60.9 Å². The van der Waals surface area contributed by atoms with Crippen molar-refractivity contribution in [1.29, 1.82) is 0 Å². The Hall–Kier alpha value is -3.20. The van der Waals surface area contributed by atoms with Gasteiger partial charge in [0.2, 0.25) is 0 Å². The van der Waals surface area contributed by atoms with E-state index >= 15 is 0 Å². The highest BCUT2D eigenvalue weighted by molar-refractivity contribution is 6.27. The molecule has 0 saturated heterocycles. The minimum absolute atomic E-state index is 0.892. The number of nitrogens with zero attached hydrogens (tertiary/aromatic N) is 2. The molecule has 3 aromatic carbocycles. The molecule has 2 heterocycles. The third-order valence-electron chi connectivity index (χ3n) is 4.73. The van der Waals surface area contributed by atoms with Crippen LogP contribution >= 0.6 is 0 Å². The van der Waals surface area contributed by atoms with E-state index in [1.807, 2.05) is 18.2 Å². The van der Waals surface area contributed by atoms with Crippen molar-refractivity contribution in [2.45, 2.75) is 0 Å². The van der Waals surface area contributed by atoms with Crippen molar-refractivity contribution in [3.63, 3.8) is 0 Å². The van der Waals surface area contributed by atoms with Crippen LogP contribution in [0.1, 0.15) is 0 Å². The Labute approximate surface area is 131 Å². The van der Waals surface area contributed by atoms with Crippen LogP contribution in [-0.2, 0) is 0 Å². The zero-order chi connectivity index (χ0) is 15.0. The molecule has 0 spiro atoms. The highest BCUT2D eigenvalue weighted by Gasteiger charge is 2.23. The number of hydrogen-bond donors (Lipinski definition) is 0. The van der Waals surface area contributed by atoms with Crippen molar-refractivity contribution < 1.29 is 4.42 Å². The molecular weight excluding hydrogens is 284 g/mol. The maximum absolute atomic E-state index is 6.09. The number of furan rings is 1. The number of fused-ring (bicyclic) bond motifs is 3. The Morgan fingerprint density at radius 1 is 0.609 bits per heavy atom. The average molecular weight is 294 g/mol. The number of rotatable bonds is 0. The largest absolute Gasteiger partial charge is 0.456 e. The first-order chi connectivity index (χ1) is 11.4. The molecule has 0 amide bonds. The van der Waals surface area contributed by atoms with Crippen LogP contribution in [0.3, 0.4) is 0 Å². The summed E-state index contributed by atoms with van der Waals surface area (Å²) in [6.07, 6.45) is 1.65. The molecule has 0 radical (unpaired) electrons. The van der Waals surface area contributed by atoms with Gasteiger partial charge < -0.3 is 4.42 Å². The van der Waals surface area contributed by atoms with Gasteiger partial charge in [0, 0.05) is 21.7 Å². The van der Waals surface area contributed by atoms with E-state index in [0.29, 0.717) is 0 Å². The third-order valence-corrected chi connectivity index (χ3v) is 4.73. The fraction of sp³-hybridized carbons (Fsp3) is 0. The minimum atomic E-state index is 0.892. The summed E-state index contributed by atoms with van der Waals surface area (Å²) in [4.78, 5) is 9.09. The SMILES string of the molecule is c1ccc2c(c1)-c1ncnc3ccc4oc5cccc-2c5c4c13. The van der Waals surface area contributed by atoms with Gasteiger partial charge in [-0.05, 0) is 29.3 Å². The molecule has 106 valence electrons. The minimum Gasteiger partial charge on any atom is -0.456 e. The van der Waals surface area contributed by atoms with Gasteiger partial charge in [-0.15, -0.1) is 0 Å². The van der Waals surface area contributed by atoms with Crippen LogP contribution < -0.4 is 0 Å². The van der Waals surface area contributed by atoms with Crippen LogP contribution in [0.25, 0.3) is 55.2 Å². The zero-order valence-electron chi connectivity index (χ0n) is 12.1. The normalized spacial score (nSPS) is 12.3. The molecule has 0 saturated carbocycles. The first kappa shape index (κ1) is 11.4. The molecule has 3 nitrogen and oxygen atoms in total. The Bertz CT molecular complexity index is 1250. The summed E-state index contributed by atoms with van der Waals surface area (Å²) < 4.78 is 6.09. The monoisotopic (exact) mass is 294 g/mol. The second kappa shape index (κ2) is 3.76. The van der Waals surface area contributed by atoms with Crippen molar-refractivity contribution in [2.75, 3.05) is 0 Å². The Kier molecular flexibility index (Phi) is 1.86. The van der Waals surface area contributed by atoms with Crippen molar-refractivity contribution in [1.82, 2.24) is 9.97 Å². The van der Waals surface area contributed by atoms with Crippen molar-refractivity contribution >= 4 is 32.8 Å². The Morgan fingerprint density at radius 3 is 2.39 bits per heavy atom. The van der Waals surface area contributed by atoms with Crippen molar-refractivity contribution in [2.24, 2.45) is 0 Å². The summed E-state index contributed by atoms with van der Waals surface area (Å²) in [6.45, 7) is 0. The van der Waals surface area contributed by atoms with Crippen LogP contribution in [0.4, 0.5) is 0 Å². The van der Waals surface area contributed by atoms with Gasteiger partial charge in [0.1, 0.15) is 17.5 Å². The topological polar surface area (TPSA) is 38.9 Å². The molecule has 0 fully saturated rings. The van der Waals surface area contributed by atoms with Gasteiger partial charge in [-0.25, -0.2) is 9.97 Å². The molecule has 1 aliphatic rings. The van der Waals surface area contributed by atoms with Gasteiger partial charge in [-0.3, -0.25) is 0 Å². The molecule has 23 heavy (non-hydrogen) atoms. The predicted molar refractivity (Wildman–Crippen MR) is 91.2 cm³/mol. The quantitative estimate of drug-likeness (QED) is 0.387. The van der Waals surface area contributed by atoms with Gasteiger partial charge in [0.15, 0.2) is 0 Å². The molecule has 0 atom stereocenters. The highest BCUT2D eigenvalue weighted by atomic mass is 16.3. The van der Waals surface area contributed by atoms with Crippen LogP contribution in [0.2, 0.25) is 0 Å². The maximum atomic E-state index is 6.09. The van der Waals surface area contributed by atoms with E-state index in [1.165, 1.54) is 11.1 Å². The highest BCUT2D eigenvalue weighted by Crippen LogP contribution is 2.47. The van der Waals surface area contributed by atoms with E-state index in [4.69, 9.17) is 4.42 Å². The average Bonchev–Trinajstić information content (AvgIpc) is 2.94. The van der Waals surface area contributed by atoms with Crippen LogP contribution in [0.15, 0.2) is 65.3 Å². The number of hydrogen-bond acceptors (Lipinski definition) is 3. The third kappa shape index (κ3) is 1.26. The fourth-order valence-corrected chi connectivity index (χ4v) is 3.81. The van der Waals surface area contributed by atoms with E-state index < -0.39 is 0 Å². The van der Waals surface area contributed by atoms with E-state index in [9.17, 15) is 0 Å². The van der Waals surface area contributed by atoms with E-state index in [0.717, 1.165) is 44.1 Å². The molecule has 0 bridgehead atoms. The lowest BCUT2D eigenvalue weighted by Gasteiger charge is -2.09. The lowest BCUT2D eigenvalue weighted by Crippen LogP contribution is -1.90. The van der Waals surface area contributed by atoms with Gasteiger partial charge >= 0.3 is 0 Å². The first-order valence-electron chi connectivity index (χ1n) is 7.60. The predicted octanol–water partition coefficient (Wildman–Crippen LogP) is 5.18.